The van der Waals surface area contributed by atoms with Crippen LogP contribution in [0.4, 0.5) is 13.2 Å². The molecule has 10 heteroatoms. The van der Waals surface area contributed by atoms with Gasteiger partial charge in [0.05, 0.1) is 10.8 Å². The van der Waals surface area contributed by atoms with Gasteiger partial charge in [-0.25, -0.2) is 0 Å². The summed E-state index contributed by atoms with van der Waals surface area (Å²) in [6.45, 7) is 3.63. The third-order valence-corrected chi connectivity index (χ3v) is 5.43. The highest BCUT2D eigenvalue weighted by Gasteiger charge is 2.31. The highest BCUT2D eigenvalue weighted by atomic mass is 32.2. The number of amides is 1. The number of nitrogens with one attached hydrogen (secondary N) is 1. The van der Waals surface area contributed by atoms with E-state index in [1.54, 1.807) is 19.1 Å². The molecule has 1 N–H and O–H groups in total. The Morgan fingerprint density at radius 2 is 1.83 bits per heavy atom. The predicted octanol–water partition coefficient (Wildman–Crippen LogP) is 3.79. The van der Waals surface area contributed by atoms with Crippen LogP contribution < -0.4 is 5.32 Å². The smallest absolute Gasteiger partial charge is 0.356 e. The van der Waals surface area contributed by atoms with E-state index in [-0.39, 0.29) is 22.5 Å². The van der Waals surface area contributed by atoms with Crippen LogP contribution in [-0.4, -0.2) is 38.1 Å². The Kier molecular flexibility index (Phi) is 6.45. The summed E-state index contributed by atoms with van der Waals surface area (Å²) in [4.78, 5) is 23.6. The van der Waals surface area contributed by atoms with Crippen molar-refractivity contribution in [3.63, 3.8) is 0 Å². The number of nitrogens with zero attached hydrogens (tertiary/aromatic N) is 3. The van der Waals surface area contributed by atoms with Crippen LogP contribution in [0.15, 0.2) is 47.8 Å². The molecule has 3 aromatic rings. The number of carbonyl (C=O) groups is 2. The molecule has 30 heavy (non-hydrogen) atoms. The number of Topliss-reactive ketones (excluding diaryl/α,β-unsaturated/α-hetero) is 1. The SMILES string of the molecule is CC(=O)NCCc1ccc(C(=O)C(C)Sc2nnc3ccc(C(F)(F)F)cn23)cc1. The molecule has 0 radical (unpaired) electrons. The van der Waals surface area contributed by atoms with Crippen LogP contribution in [0.3, 0.4) is 0 Å². The number of fused-ring (bicyclic) bond motifs is 1. The van der Waals surface area contributed by atoms with Crippen LogP contribution in [-0.2, 0) is 17.4 Å². The maximum Gasteiger partial charge on any atom is 0.417 e. The third kappa shape index (κ3) is 5.18. The van der Waals surface area contributed by atoms with E-state index < -0.39 is 17.0 Å². The Bertz CT molecular complexity index is 1060. The Labute approximate surface area is 174 Å². The number of aromatic nitrogens is 3. The summed E-state index contributed by atoms with van der Waals surface area (Å²) in [6.07, 6.45) is -2.91. The van der Waals surface area contributed by atoms with Crippen molar-refractivity contribution in [1.29, 1.82) is 0 Å². The summed E-state index contributed by atoms with van der Waals surface area (Å²) in [7, 11) is 0. The molecule has 2 aromatic heterocycles. The van der Waals surface area contributed by atoms with Crippen molar-refractivity contribution < 1.29 is 22.8 Å². The fraction of sp³-hybridized carbons (Fsp3) is 0.300. The van der Waals surface area contributed by atoms with Gasteiger partial charge in [0, 0.05) is 25.2 Å². The van der Waals surface area contributed by atoms with E-state index in [2.05, 4.69) is 15.5 Å². The molecule has 158 valence electrons. The first-order valence-corrected chi connectivity index (χ1v) is 9.99. The minimum Gasteiger partial charge on any atom is -0.356 e. The van der Waals surface area contributed by atoms with Crippen molar-refractivity contribution in [1.82, 2.24) is 19.9 Å². The van der Waals surface area contributed by atoms with Gasteiger partial charge in [0.1, 0.15) is 0 Å². The molecule has 0 aliphatic carbocycles. The number of alkyl halides is 3. The molecule has 0 fully saturated rings. The van der Waals surface area contributed by atoms with E-state index in [1.165, 1.54) is 17.4 Å². The quantitative estimate of drug-likeness (QED) is 0.451. The molecule has 0 saturated heterocycles. The number of rotatable bonds is 7. The van der Waals surface area contributed by atoms with Gasteiger partial charge in [-0.2, -0.15) is 13.2 Å². The summed E-state index contributed by atoms with van der Waals surface area (Å²) >= 11 is 1.05. The zero-order chi connectivity index (χ0) is 21.9. The summed E-state index contributed by atoms with van der Waals surface area (Å²) in [5, 5.41) is 10.1. The lowest BCUT2D eigenvalue weighted by Crippen LogP contribution is -2.22. The number of halogens is 3. The Balaban J connectivity index is 1.70. The zero-order valence-electron chi connectivity index (χ0n) is 16.2. The first-order valence-electron chi connectivity index (χ1n) is 9.11. The molecule has 0 aliphatic heterocycles. The molecule has 0 spiro atoms. The van der Waals surface area contributed by atoms with E-state index in [9.17, 15) is 22.8 Å². The van der Waals surface area contributed by atoms with Gasteiger partial charge in [-0.05, 0) is 31.0 Å². The van der Waals surface area contributed by atoms with Crippen molar-refractivity contribution in [2.75, 3.05) is 6.54 Å². The van der Waals surface area contributed by atoms with Crippen molar-refractivity contribution >= 4 is 29.1 Å². The average molecular weight is 436 g/mol. The molecule has 1 aromatic carbocycles. The van der Waals surface area contributed by atoms with Crippen molar-refractivity contribution in [2.24, 2.45) is 0 Å². The van der Waals surface area contributed by atoms with Crippen LogP contribution >= 0.6 is 11.8 Å². The van der Waals surface area contributed by atoms with Gasteiger partial charge in [-0.1, -0.05) is 36.0 Å². The van der Waals surface area contributed by atoms with E-state index in [0.717, 1.165) is 29.6 Å². The lowest BCUT2D eigenvalue weighted by atomic mass is 10.0. The van der Waals surface area contributed by atoms with Crippen molar-refractivity contribution in [2.45, 2.75) is 36.9 Å². The van der Waals surface area contributed by atoms with Crippen molar-refractivity contribution in [3.05, 3.63) is 59.3 Å². The maximum atomic E-state index is 13.0. The minimum atomic E-state index is -4.48. The summed E-state index contributed by atoms with van der Waals surface area (Å²) in [5.74, 6) is -0.270. The normalized spacial score (nSPS) is 12.7. The molecule has 0 saturated carbocycles. The molecule has 1 amide bonds. The second-order valence-corrected chi connectivity index (χ2v) is 7.99. The third-order valence-electron chi connectivity index (χ3n) is 4.38. The zero-order valence-corrected chi connectivity index (χ0v) is 17.0. The van der Waals surface area contributed by atoms with Crippen LogP contribution in [0.2, 0.25) is 0 Å². The standard InChI is InChI=1S/C20H19F3N4O2S/c1-12(18(29)15-5-3-14(4-6-15)9-10-24-13(2)28)30-19-26-25-17-8-7-16(11-27(17)19)20(21,22)23/h3-8,11-12H,9-10H2,1-2H3,(H,24,28). The summed E-state index contributed by atoms with van der Waals surface area (Å²) in [6, 6.07) is 9.22. The van der Waals surface area contributed by atoms with E-state index in [0.29, 0.717) is 18.5 Å². The first-order chi connectivity index (χ1) is 14.1. The lowest BCUT2D eigenvalue weighted by Gasteiger charge is -2.11. The van der Waals surface area contributed by atoms with Gasteiger partial charge >= 0.3 is 6.18 Å². The Hall–Kier alpha value is -2.88. The minimum absolute atomic E-state index is 0.101. The van der Waals surface area contributed by atoms with Crippen LogP contribution in [0, 0.1) is 0 Å². The van der Waals surface area contributed by atoms with E-state index in [4.69, 9.17) is 0 Å². The number of ketones is 1. The highest BCUT2D eigenvalue weighted by Crippen LogP contribution is 2.31. The number of carbonyl (C=O) groups excluding carboxylic acids is 2. The van der Waals surface area contributed by atoms with E-state index >= 15 is 0 Å². The molecular weight excluding hydrogens is 417 g/mol. The molecule has 6 nitrogen and oxygen atoms in total. The second kappa shape index (κ2) is 8.86. The van der Waals surface area contributed by atoms with Crippen molar-refractivity contribution in [3.8, 4) is 0 Å². The highest BCUT2D eigenvalue weighted by molar-refractivity contribution is 8.00. The second-order valence-electron chi connectivity index (χ2n) is 6.68. The van der Waals surface area contributed by atoms with Crippen LogP contribution in [0.5, 0.6) is 0 Å². The Morgan fingerprint density at radius 3 is 2.47 bits per heavy atom. The lowest BCUT2D eigenvalue weighted by molar-refractivity contribution is -0.137. The monoisotopic (exact) mass is 436 g/mol. The molecule has 1 atom stereocenters. The average Bonchev–Trinajstić information content (AvgIpc) is 3.09. The Morgan fingerprint density at radius 1 is 1.13 bits per heavy atom. The number of thioether (sulfide) groups is 1. The van der Waals surface area contributed by atoms with Gasteiger partial charge in [-0.15, -0.1) is 10.2 Å². The number of hydrogen-bond acceptors (Lipinski definition) is 5. The number of benzene rings is 1. The fourth-order valence-electron chi connectivity index (χ4n) is 2.78. The summed E-state index contributed by atoms with van der Waals surface area (Å²) < 4.78 is 40.2. The largest absolute Gasteiger partial charge is 0.417 e. The molecule has 2 heterocycles. The maximum absolute atomic E-state index is 13.0. The van der Waals surface area contributed by atoms with E-state index in [1.807, 2.05) is 12.1 Å². The number of hydrogen-bond donors (Lipinski definition) is 1. The summed E-state index contributed by atoms with van der Waals surface area (Å²) in [5.41, 5.74) is 0.922. The molecule has 3 rings (SSSR count). The van der Waals surface area contributed by atoms with Gasteiger partial charge in [0.15, 0.2) is 16.6 Å². The number of pyridine rings is 1. The van der Waals surface area contributed by atoms with Crippen LogP contribution in [0.25, 0.3) is 5.65 Å². The molecule has 0 aliphatic rings. The van der Waals surface area contributed by atoms with Gasteiger partial charge in [-0.3, -0.25) is 14.0 Å². The van der Waals surface area contributed by atoms with Gasteiger partial charge in [0.2, 0.25) is 5.91 Å². The van der Waals surface area contributed by atoms with Gasteiger partial charge < -0.3 is 5.32 Å². The van der Waals surface area contributed by atoms with Crippen LogP contribution in [0.1, 0.15) is 35.3 Å². The predicted molar refractivity (Wildman–Crippen MR) is 106 cm³/mol. The fourth-order valence-corrected chi connectivity index (χ4v) is 3.69. The molecule has 1 unspecified atom stereocenters. The molecular formula is C20H19F3N4O2S. The molecule has 0 bridgehead atoms. The first kappa shape index (κ1) is 21.8. The topological polar surface area (TPSA) is 76.4 Å². The van der Waals surface area contributed by atoms with Gasteiger partial charge in [0.25, 0.3) is 0 Å².